The highest BCUT2D eigenvalue weighted by atomic mass is 32.1. The highest BCUT2D eigenvalue weighted by Gasteiger charge is 2.09. The molecule has 0 spiro atoms. The quantitative estimate of drug-likeness (QED) is 0.728. The van der Waals surface area contributed by atoms with Gasteiger partial charge in [-0.15, -0.1) is 4.98 Å². The first-order valence-corrected chi connectivity index (χ1v) is 6.59. The number of hydrogen-bond donors (Lipinski definition) is 0. The fraction of sp³-hybridized carbons (Fsp3) is 0. The summed E-state index contributed by atoms with van der Waals surface area (Å²) >= 11 is 5.00. The van der Waals surface area contributed by atoms with Gasteiger partial charge in [-0.3, -0.25) is 0 Å². The zero-order chi connectivity index (χ0) is 14.5. The van der Waals surface area contributed by atoms with Crippen molar-refractivity contribution >= 4 is 12.6 Å². The lowest BCUT2D eigenvalue weighted by atomic mass is 10.3. The van der Waals surface area contributed by atoms with Crippen LogP contribution < -0.4 is 9.47 Å². The molecular formula is C15H10N3O2S. The first kappa shape index (κ1) is 13.3. The van der Waals surface area contributed by atoms with Crippen LogP contribution in [-0.2, 0) is 0 Å². The van der Waals surface area contributed by atoms with Gasteiger partial charge in [-0.25, -0.2) is 0 Å². The van der Waals surface area contributed by atoms with Crippen LogP contribution in [0.4, 0.5) is 0 Å². The van der Waals surface area contributed by atoms with Crippen molar-refractivity contribution in [1.29, 1.82) is 0 Å². The van der Waals surface area contributed by atoms with Crippen LogP contribution in [0, 0.1) is 0 Å². The Balaban J connectivity index is 1.83. The lowest BCUT2D eigenvalue weighted by Gasteiger charge is -2.06. The monoisotopic (exact) mass is 296 g/mol. The summed E-state index contributed by atoms with van der Waals surface area (Å²) in [5.74, 6) is 1.23. The number of hydrogen-bond acceptors (Lipinski definition) is 5. The number of benzene rings is 2. The molecule has 1 radical (unpaired) electrons. The predicted molar refractivity (Wildman–Crippen MR) is 78.7 cm³/mol. The van der Waals surface area contributed by atoms with Crippen LogP contribution in [0.25, 0.3) is 0 Å². The van der Waals surface area contributed by atoms with Gasteiger partial charge in [-0.2, -0.15) is 9.97 Å². The topological polar surface area (TPSA) is 57.1 Å². The van der Waals surface area contributed by atoms with Crippen LogP contribution in [0.15, 0.2) is 65.8 Å². The second-order valence-electron chi connectivity index (χ2n) is 4.01. The van der Waals surface area contributed by atoms with Gasteiger partial charge < -0.3 is 9.47 Å². The number of nitrogens with zero attached hydrogens (tertiary/aromatic N) is 3. The minimum Gasteiger partial charge on any atom is -0.424 e. The minimum absolute atomic E-state index is 0.104. The Bertz CT molecular complexity index is 664. The lowest BCUT2D eigenvalue weighted by molar-refractivity contribution is 0.387. The molecule has 0 saturated carbocycles. The van der Waals surface area contributed by atoms with Gasteiger partial charge in [0.25, 0.3) is 0 Å². The highest BCUT2D eigenvalue weighted by Crippen LogP contribution is 2.22. The van der Waals surface area contributed by atoms with E-state index in [-0.39, 0.29) is 17.2 Å². The van der Waals surface area contributed by atoms with Crippen LogP contribution in [0.2, 0.25) is 0 Å². The predicted octanol–water partition coefficient (Wildman–Crippen LogP) is 4.01. The maximum atomic E-state index is 5.53. The summed E-state index contributed by atoms with van der Waals surface area (Å²) in [7, 11) is 0. The first-order valence-electron chi connectivity index (χ1n) is 6.18. The maximum absolute atomic E-state index is 5.53. The van der Waals surface area contributed by atoms with Gasteiger partial charge in [0.1, 0.15) is 11.5 Å². The molecule has 1 heterocycles. The molecule has 2 aromatic carbocycles. The number of aromatic nitrogens is 3. The Kier molecular flexibility index (Phi) is 3.88. The third-order valence-electron chi connectivity index (χ3n) is 2.48. The normalized spacial score (nSPS) is 10.1. The molecular weight excluding hydrogens is 286 g/mol. The molecule has 103 valence electrons. The van der Waals surface area contributed by atoms with Crippen molar-refractivity contribution in [2.75, 3.05) is 0 Å². The SMILES string of the molecule is [S]c1nc(Oc2ccccc2)nc(Oc2ccccc2)n1. The van der Waals surface area contributed by atoms with Gasteiger partial charge in [0.05, 0.1) is 0 Å². The van der Waals surface area contributed by atoms with Crippen LogP contribution in [0.5, 0.6) is 23.5 Å². The van der Waals surface area contributed by atoms with Crippen molar-refractivity contribution in [3.63, 3.8) is 0 Å². The summed E-state index contributed by atoms with van der Waals surface area (Å²) in [4.78, 5) is 12.0. The first-order chi connectivity index (χ1) is 10.3. The van der Waals surface area contributed by atoms with Crippen molar-refractivity contribution in [2.45, 2.75) is 5.16 Å². The van der Waals surface area contributed by atoms with Gasteiger partial charge in [-0.1, -0.05) is 36.4 Å². The van der Waals surface area contributed by atoms with Gasteiger partial charge in [0.2, 0.25) is 5.16 Å². The van der Waals surface area contributed by atoms with E-state index in [0.29, 0.717) is 11.5 Å². The van der Waals surface area contributed by atoms with Crippen LogP contribution in [-0.4, -0.2) is 15.0 Å². The molecule has 0 aliphatic carbocycles. The summed E-state index contributed by atoms with van der Waals surface area (Å²) in [5, 5.41) is 0.113. The van der Waals surface area contributed by atoms with E-state index in [4.69, 9.17) is 22.1 Å². The van der Waals surface area contributed by atoms with Crippen LogP contribution >= 0.6 is 12.6 Å². The zero-order valence-electron chi connectivity index (χ0n) is 10.8. The summed E-state index contributed by atoms with van der Waals surface area (Å²) in [5.41, 5.74) is 0. The molecule has 1 aromatic heterocycles. The van der Waals surface area contributed by atoms with E-state index in [0.717, 1.165) is 0 Å². The summed E-state index contributed by atoms with van der Waals surface area (Å²) < 4.78 is 11.1. The zero-order valence-corrected chi connectivity index (χ0v) is 11.7. The Morgan fingerprint density at radius 3 is 1.48 bits per heavy atom. The van der Waals surface area contributed by atoms with Gasteiger partial charge in [-0.05, 0) is 36.9 Å². The smallest absolute Gasteiger partial charge is 0.329 e. The van der Waals surface area contributed by atoms with Crippen molar-refractivity contribution in [1.82, 2.24) is 15.0 Å². The largest absolute Gasteiger partial charge is 0.424 e. The summed E-state index contributed by atoms with van der Waals surface area (Å²) in [6.45, 7) is 0. The fourth-order valence-corrected chi connectivity index (χ4v) is 1.76. The fourth-order valence-electron chi connectivity index (χ4n) is 1.60. The second kappa shape index (κ2) is 6.15. The Labute approximate surface area is 127 Å². The average molecular weight is 296 g/mol. The van der Waals surface area contributed by atoms with Crippen LogP contribution in [0.1, 0.15) is 0 Å². The Morgan fingerprint density at radius 2 is 1.05 bits per heavy atom. The second-order valence-corrected chi connectivity index (χ2v) is 4.38. The van der Waals surface area contributed by atoms with Crippen LogP contribution in [0.3, 0.4) is 0 Å². The summed E-state index contributed by atoms with van der Waals surface area (Å²) in [6.07, 6.45) is 0. The molecule has 0 saturated heterocycles. The van der Waals surface area contributed by atoms with E-state index in [1.165, 1.54) is 0 Å². The molecule has 21 heavy (non-hydrogen) atoms. The molecule has 0 N–H and O–H groups in total. The van der Waals surface area contributed by atoms with Crippen molar-refractivity contribution < 1.29 is 9.47 Å². The number of rotatable bonds is 4. The molecule has 0 bridgehead atoms. The molecule has 0 amide bonds. The van der Waals surface area contributed by atoms with Crippen molar-refractivity contribution in [3.8, 4) is 23.5 Å². The third-order valence-corrected chi connectivity index (χ3v) is 2.66. The van der Waals surface area contributed by atoms with Gasteiger partial charge >= 0.3 is 12.0 Å². The molecule has 3 aromatic rings. The standard InChI is InChI=1S/C15H10N3O2S/c21-15-17-13(19-11-7-3-1-4-8-11)16-14(18-15)20-12-9-5-2-6-10-12/h1-10H. The van der Waals surface area contributed by atoms with E-state index in [1.807, 2.05) is 36.4 Å². The Morgan fingerprint density at radius 1 is 0.619 bits per heavy atom. The van der Waals surface area contributed by atoms with E-state index < -0.39 is 0 Å². The molecule has 0 aliphatic rings. The van der Waals surface area contributed by atoms with E-state index in [2.05, 4.69) is 15.0 Å². The number of ether oxygens (including phenoxy) is 2. The lowest BCUT2D eigenvalue weighted by Crippen LogP contribution is -1.99. The molecule has 0 atom stereocenters. The summed E-state index contributed by atoms with van der Waals surface area (Å²) in [6, 6.07) is 18.6. The molecule has 3 rings (SSSR count). The van der Waals surface area contributed by atoms with Crippen molar-refractivity contribution in [3.05, 3.63) is 60.7 Å². The molecule has 0 fully saturated rings. The molecule has 5 nitrogen and oxygen atoms in total. The van der Waals surface area contributed by atoms with E-state index in [1.54, 1.807) is 24.3 Å². The van der Waals surface area contributed by atoms with E-state index >= 15 is 0 Å². The Hall–Kier alpha value is -2.73. The van der Waals surface area contributed by atoms with Crippen molar-refractivity contribution in [2.24, 2.45) is 0 Å². The minimum atomic E-state index is 0.104. The number of para-hydroxylation sites is 2. The molecule has 6 heteroatoms. The van der Waals surface area contributed by atoms with Gasteiger partial charge in [0, 0.05) is 0 Å². The molecule has 0 aliphatic heterocycles. The van der Waals surface area contributed by atoms with Gasteiger partial charge in [0.15, 0.2) is 0 Å². The third kappa shape index (κ3) is 3.64. The highest BCUT2D eigenvalue weighted by molar-refractivity contribution is 7.80. The average Bonchev–Trinajstić information content (AvgIpc) is 2.48. The maximum Gasteiger partial charge on any atom is 0.329 e. The molecule has 0 unspecified atom stereocenters. The van der Waals surface area contributed by atoms with E-state index in [9.17, 15) is 0 Å².